The van der Waals surface area contributed by atoms with Crippen LogP contribution in [0.15, 0.2) is 77.4 Å². The van der Waals surface area contributed by atoms with Crippen LogP contribution in [0.1, 0.15) is 26.8 Å². The van der Waals surface area contributed by atoms with Crippen LogP contribution in [-0.2, 0) is 4.79 Å². The number of aliphatic hydroxyl groups excluding tert-OH is 1. The second-order valence-corrected chi connectivity index (χ2v) is 7.70. The lowest BCUT2D eigenvalue weighted by Crippen LogP contribution is -2.31. The topological polar surface area (TPSA) is 66.8 Å². The largest absolute Gasteiger partial charge is 0.503 e. The van der Waals surface area contributed by atoms with E-state index in [0.717, 1.165) is 5.56 Å². The summed E-state index contributed by atoms with van der Waals surface area (Å²) in [5.74, 6) is -0.778. The van der Waals surface area contributed by atoms with Gasteiger partial charge in [-0.15, -0.1) is 11.3 Å². The van der Waals surface area contributed by atoms with Gasteiger partial charge in [0.05, 0.1) is 23.6 Å². The minimum absolute atomic E-state index is 0.0863. The van der Waals surface area contributed by atoms with Crippen molar-refractivity contribution in [2.45, 2.75) is 13.0 Å². The van der Waals surface area contributed by atoms with E-state index in [1.807, 2.05) is 31.2 Å². The molecular formula is C23H19NO4S. The third-order valence-electron chi connectivity index (χ3n) is 4.94. The van der Waals surface area contributed by atoms with Crippen molar-refractivity contribution >= 4 is 28.7 Å². The van der Waals surface area contributed by atoms with E-state index in [1.54, 1.807) is 48.9 Å². The van der Waals surface area contributed by atoms with Crippen LogP contribution in [0.4, 0.5) is 5.69 Å². The molecule has 1 aliphatic rings. The number of benzene rings is 2. The number of nitrogens with zero attached hydrogens (tertiary/aromatic N) is 1. The summed E-state index contributed by atoms with van der Waals surface area (Å²) < 4.78 is 5.22. The van der Waals surface area contributed by atoms with E-state index in [9.17, 15) is 14.7 Å². The maximum Gasteiger partial charge on any atom is 0.294 e. The number of ketones is 1. The normalized spacial score (nSPS) is 16.4. The number of aryl methyl sites for hydroxylation is 1. The molecule has 1 N–H and O–H groups in total. The van der Waals surface area contributed by atoms with Crippen LogP contribution in [0, 0.1) is 6.92 Å². The van der Waals surface area contributed by atoms with E-state index in [-0.39, 0.29) is 11.4 Å². The van der Waals surface area contributed by atoms with E-state index in [0.29, 0.717) is 21.9 Å². The monoisotopic (exact) mass is 405 g/mol. The van der Waals surface area contributed by atoms with Gasteiger partial charge in [-0.25, -0.2) is 0 Å². The summed E-state index contributed by atoms with van der Waals surface area (Å²) in [7, 11) is 1.57. The number of rotatable bonds is 5. The molecule has 0 saturated heterocycles. The predicted octanol–water partition coefficient (Wildman–Crippen LogP) is 4.85. The third-order valence-corrected chi connectivity index (χ3v) is 5.81. The van der Waals surface area contributed by atoms with E-state index < -0.39 is 17.7 Å². The highest BCUT2D eigenvalue weighted by Gasteiger charge is 2.44. The number of anilines is 1. The van der Waals surface area contributed by atoms with Gasteiger partial charge in [-0.3, -0.25) is 14.5 Å². The lowest BCUT2D eigenvalue weighted by Gasteiger charge is -2.27. The number of Topliss-reactive ketones (excluding diaryl/α,β-unsaturated/α-hetero) is 1. The van der Waals surface area contributed by atoms with Crippen molar-refractivity contribution in [1.82, 2.24) is 0 Å². The smallest absolute Gasteiger partial charge is 0.294 e. The average molecular weight is 405 g/mol. The summed E-state index contributed by atoms with van der Waals surface area (Å²) in [6.45, 7) is 1.96. The molecule has 1 unspecified atom stereocenters. The number of amides is 1. The second-order valence-electron chi connectivity index (χ2n) is 6.76. The summed E-state index contributed by atoms with van der Waals surface area (Å²) in [5, 5.41) is 12.5. The quantitative estimate of drug-likeness (QED) is 0.617. The summed E-state index contributed by atoms with van der Waals surface area (Å²) in [6.07, 6.45) is 0. The Bertz CT molecular complexity index is 1080. The number of thiophene rings is 1. The zero-order valence-corrected chi connectivity index (χ0v) is 16.8. The van der Waals surface area contributed by atoms with Gasteiger partial charge in [0.15, 0.2) is 5.76 Å². The highest BCUT2D eigenvalue weighted by Crippen LogP contribution is 2.42. The van der Waals surface area contributed by atoms with Gasteiger partial charge in [0.25, 0.3) is 5.91 Å². The standard InChI is InChI=1S/C23H19NO4S/c1-14-5-9-16(10-6-14)24-20(15-7-11-17(28-2)12-8-15)19(22(26)23(24)27)21(25)18-4-3-13-29-18/h3-13,20,26H,1-2H3. The van der Waals surface area contributed by atoms with Gasteiger partial charge in [-0.1, -0.05) is 35.9 Å². The molecule has 1 atom stereocenters. The first-order chi connectivity index (χ1) is 14.0. The van der Waals surface area contributed by atoms with Gasteiger partial charge in [0.1, 0.15) is 5.75 Å². The average Bonchev–Trinajstić information content (AvgIpc) is 3.36. The first kappa shape index (κ1) is 19.0. The van der Waals surface area contributed by atoms with Crippen LogP contribution in [0.3, 0.4) is 0 Å². The molecule has 3 aromatic rings. The number of carbonyl (C=O) groups excluding carboxylic acids is 2. The first-order valence-electron chi connectivity index (χ1n) is 9.06. The van der Waals surface area contributed by atoms with E-state index >= 15 is 0 Å². The predicted molar refractivity (Wildman–Crippen MR) is 113 cm³/mol. The Labute approximate surface area is 172 Å². The number of hydrogen-bond donors (Lipinski definition) is 1. The van der Waals surface area contributed by atoms with Crippen LogP contribution in [-0.4, -0.2) is 23.9 Å². The zero-order chi connectivity index (χ0) is 20.5. The molecule has 6 heteroatoms. The Balaban J connectivity index is 1.86. The van der Waals surface area contributed by atoms with Gasteiger partial charge in [0, 0.05) is 5.69 Å². The minimum atomic E-state index is -0.731. The summed E-state index contributed by atoms with van der Waals surface area (Å²) in [5.41, 5.74) is 2.46. The highest BCUT2D eigenvalue weighted by molar-refractivity contribution is 7.12. The fourth-order valence-electron chi connectivity index (χ4n) is 3.45. The van der Waals surface area contributed by atoms with Crippen LogP contribution in [0.25, 0.3) is 0 Å². The van der Waals surface area contributed by atoms with Gasteiger partial charge in [-0.05, 0) is 48.2 Å². The summed E-state index contributed by atoms with van der Waals surface area (Å²) in [4.78, 5) is 28.2. The Morgan fingerprint density at radius 1 is 1.07 bits per heavy atom. The number of methoxy groups -OCH3 is 1. The third kappa shape index (κ3) is 3.32. The number of hydrogen-bond acceptors (Lipinski definition) is 5. The molecule has 2 heterocycles. The second kappa shape index (κ2) is 7.56. The van der Waals surface area contributed by atoms with Crippen molar-refractivity contribution in [3.63, 3.8) is 0 Å². The molecule has 0 saturated carbocycles. The van der Waals surface area contributed by atoms with Crippen LogP contribution in [0.2, 0.25) is 0 Å². The van der Waals surface area contributed by atoms with E-state index in [1.165, 1.54) is 16.2 Å². The molecule has 0 spiro atoms. The molecule has 0 aliphatic carbocycles. The molecule has 4 rings (SSSR count). The first-order valence-corrected chi connectivity index (χ1v) is 9.94. The van der Waals surface area contributed by atoms with Crippen molar-refractivity contribution in [2.75, 3.05) is 12.0 Å². The molecule has 2 aromatic carbocycles. The van der Waals surface area contributed by atoms with Crippen LogP contribution in [0.5, 0.6) is 5.75 Å². The molecule has 1 aliphatic heterocycles. The molecule has 5 nitrogen and oxygen atoms in total. The number of carbonyl (C=O) groups is 2. The van der Waals surface area contributed by atoms with Gasteiger partial charge in [0.2, 0.25) is 5.78 Å². The SMILES string of the molecule is COc1ccc(C2C(C(=O)c3cccs3)=C(O)C(=O)N2c2ccc(C)cc2)cc1. The highest BCUT2D eigenvalue weighted by atomic mass is 32.1. The lowest BCUT2D eigenvalue weighted by molar-refractivity contribution is -0.117. The van der Waals surface area contributed by atoms with Crippen molar-refractivity contribution in [1.29, 1.82) is 0 Å². The molecule has 0 radical (unpaired) electrons. The van der Waals surface area contributed by atoms with Crippen molar-refractivity contribution in [3.8, 4) is 5.75 Å². The molecule has 146 valence electrons. The van der Waals surface area contributed by atoms with Crippen molar-refractivity contribution in [2.24, 2.45) is 0 Å². The van der Waals surface area contributed by atoms with Gasteiger partial charge >= 0.3 is 0 Å². The zero-order valence-electron chi connectivity index (χ0n) is 16.0. The Morgan fingerprint density at radius 2 is 1.76 bits per heavy atom. The van der Waals surface area contributed by atoms with Crippen LogP contribution >= 0.6 is 11.3 Å². The molecule has 29 heavy (non-hydrogen) atoms. The molecule has 1 aromatic heterocycles. The summed E-state index contributed by atoms with van der Waals surface area (Å²) >= 11 is 1.28. The fourth-order valence-corrected chi connectivity index (χ4v) is 4.13. The fraction of sp³-hybridized carbons (Fsp3) is 0.130. The van der Waals surface area contributed by atoms with Crippen LogP contribution < -0.4 is 9.64 Å². The minimum Gasteiger partial charge on any atom is -0.503 e. The number of aliphatic hydroxyl groups is 1. The molecule has 0 fully saturated rings. The molecule has 0 bridgehead atoms. The Kier molecular flexibility index (Phi) is 4.94. The number of ether oxygens (including phenoxy) is 1. The lowest BCUT2D eigenvalue weighted by atomic mass is 9.95. The Hall–Kier alpha value is -3.38. The van der Waals surface area contributed by atoms with Crippen molar-refractivity contribution < 1.29 is 19.4 Å². The van der Waals surface area contributed by atoms with Gasteiger partial charge < -0.3 is 9.84 Å². The van der Waals surface area contributed by atoms with Gasteiger partial charge in [-0.2, -0.15) is 0 Å². The summed E-state index contributed by atoms with van der Waals surface area (Å²) in [6, 6.07) is 17.3. The Morgan fingerprint density at radius 3 is 2.34 bits per heavy atom. The molecule has 1 amide bonds. The maximum atomic E-state index is 13.2. The molecular weight excluding hydrogens is 386 g/mol. The van der Waals surface area contributed by atoms with Crippen molar-refractivity contribution in [3.05, 3.63) is 93.4 Å². The maximum absolute atomic E-state index is 13.2. The van der Waals surface area contributed by atoms with E-state index in [4.69, 9.17) is 4.74 Å². The van der Waals surface area contributed by atoms with E-state index in [2.05, 4.69) is 0 Å².